The van der Waals surface area contributed by atoms with Crippen LogP contribution in [0.25, 0.3) is 0 Å². The summed E-state index contributed by atoms with van der Waals surface area (Å²) in [5.74, 6) is 0. The molecule has 68 valence electrons. The van der Waals surface area contributed by atoms with Crippen LogP contribution in [-0.4, -0.2) is 36.6 Å². The number of hydrogen-bond donors (Lipinski definition) is 1. The smallest absolute Gasteiger partial charge is 0.215 e. The molecule has 0 heterocycles. The molecular formula is C8H19NO2. The van der Waals surface area contributed by atoms with Crippen molar-refractivity contribution in [2.24, 2.45) is 0 Å². The first-order valence-electron chi connectivity index (χ1n) is 4.22. The number of ether oxygens (including phenoxy) is 1. The fourth-order valence-corrected chi connectivity index (χ4v) is 0.794. The maximum absolute atomic E-state index is 9.25. The second-order valence-corrected chi connectivity index (χ2v) is 2.62. The summed E-state index contributed by atoms with van der Waals surface area (Å²) in [5, 5.41) is 9.25. The molecule has 0 aliphatic rings. The lowest BCUT2D eigenvalue weighted by molar-refractivity contribution is -0.182. The summed E-state index contributed by atoms with van der Waals surface area (Å²) in [6.07, 6.45) is 1.51. The van der Waals surface area contributed by atoms with Crippen LogP contribution in [0.2, 0.25) is 0 Å². The van der Waals surface area contributed by atoms with Crippen LogP contribution in [0.3, 0.4) is 0 Å². The quantitative estimate of drug-likeness (QED) is 0.591. The predicted octanol–water partition coefficient (Wildman–Crippen LogP) is 1.03. The van der Waals surface area contributed by atoms with E-state index in [9.17, 15) is 5.11 Å². The van der Waals surface area contributed by atoms with E-state index in [1.54, 1.807) is 4.90 Å². The van der Waals surface area contributed by atoms with Gasteiger partial charge >= 0.3 is 0 Å². The van der Waals surface area contributed by atoms with E-state index in [0.29, 0.717) is 6.61 Å². The summed E-state index contributed by atoms with van der Waals surface area (Å²) in [4.78, 5) is 1.80. The van der Waals surface area contributed by atoms with E-state index in [-0.39, 0.29) is 0 Å². The van der Waals surface area contributed by atoms with E-state index in [2.05, 4.69) is 6.92 Å². The molecule has 0 bridgehead atoms. The average molecular weight is 161 g/mol. The van der Waals surface area contributed by atoms with Crippen LogP contribution in [0, 0.1) is 0 Å². The van der Waals surface area contributed by atoms with Gasteiger partial charge in [-0.3, -0.25) is 4.90 Å². The molecule has 0 saturated heterocycles. The van der Waals surface area contributed by atoms with E-state index >= 15 is 0 Å². The minimum absolute atomic E-state index is 0.553. The van der Waals surface area contributed by atoms with Crippen LogP contribution in [0.5, 0.6) is 0 Å². The molecule has 0 fully saturated rings. The Bertz CT molecular complexity index is 88.2. The van der Waals surface area contributed by atoms with Crippen molar-refractivity contribution < 1.29 is 9.84 Å². The normalized spacial score (nSPS) is 13.9. The van der Waals surface area contributed by atoms with E-state index < -0.39 is 6.41 Å². The molecule has 3 heteroatoms. The first kappa shape index (κ1) is 10.9. The van der Waals surface area contributed by atoms with Gasteiger partial charge in [-0.15, -0.1) is 0 Å². The molecule has 0 aliphatic heterocycles. The van der Waals surface area contributed by atoms with Crippen molar-refractivity contribution in [2.75, 3.05) is 20.2 Å². The van der Waals surface area contributed by atoms with Crippen molar-refractivity contribution >= 4 is 0 Å². The van der Waals surface area contributed by atoms with Gasteiger partial charge in [0, 0.05) is 13.2 Å². The summed E-state index contributed by atoms with van der Waals surface area (Å²) >= 11 is 0. The first-order chi connectivity index (χ1) is 5.22. The largest absolute Gasteiger partial charge is 0.356 e. The zero-order valence-corrected chi connectivity index (χ0v) is 7.71. The Morgan fingerprint density at radius 1 is 1.45 bits per heavy atom. The fourth-order valence-electron chi connectivity index (χ4n) is 0.794. The first-order valence-corrected chi connectivity index (χ1v) is 4.22. The van der Waals surface area contributed by atoms with E-state index in [0.717, 1.165) is 19.4 Å². The summed E-state index contributed by atoms with van der Waals surface area (Å²) in [6, 6.07) is 0. The van der Waals surface area contributed by atoms with Gasteiger partial charge < -0.3 is 9.84 Å². The molecule has 0 aromatic rings. The van der Waals surface area contributed by atoms with Gasteiger partial charge in [0.25, 0.3) is 0 Å². The Kier molecular flexibility index (Phi) is 6.51. The van der Waals surface area contributed by atoms with Crippen LogP contribution < -0.4 is 0 Å². The molecule has 0 rings (SSSR count). The van der Waals surface area contributed by atoms with Crippen LogP contribution >= 0.6 is 0 Å². The maximum atomic E-state index is 9.25. The SMILES string of the molecule is CCCCN(C)C(O)OCC. The average Bonchev–Trinajstić information content (AvgIpc) is 2.00. The standard InChI is InChI=1S/C8H19NO2/c1-4-6-7-9(3)8(10)11-5-2/h8,10H,4-7H2,1-3H3. The zero-order chi connectivity index (χ0) is 8.69. The van der Waals surface area contributed by atoms with Gasteiger partial charge in [0.15, 0.2) is 0 Å². The Labute approximate surface area is 69.0 Å². The highest BCUT2D eigenvalue weighted by Gasteiger charge is 2.08. The number of unbranched alkanes of at least 4 members (excludes halogenated alkanes) is 1. The lowest BCUT2D eigenvalue weighted by Gasteiger charge is -2.22. The molecule has 0 saturated carbocycles. The van der Waals surface area contributed by atoms with Crippen molar-refractivity contribution in [3.63, 3.8) is 0 Å². The number of hydrogen-bond acceptors (Lipinski definition) is 3. The van der Waals surface area contributed by atoms with Crippen LogP contribution in [0.4, 0.5) is 0 Å². The number of aliphatic hydroxyl groups is 1. The zero-order valence-electron chi connectivity index (χ0n) is 7.71. The van der Waals surface area contributed by atoms with E-state index in [1.807, 2.05) is 14.0 Å². The third-order valence-corrected chi connectivity index (χ3v) is 1.56. The lowest BCUT2D eigenvalue weighted by atomic mass is 10.3. The molecular weight excluding hydrogens is 142 g/mol. The van der Waals surface area contributed by atoms with Crippen molar-refractivity contribution in [1.82, 2.24) is 4.90 Å². The van der Waals surface area contributed by atoms with Crippen molar-refractivity contribution in [3.8, 4) is 0 Å². The van der Waals surface area contributed by atoms with Crippen LogP contribution in [0.15, 0.2) is 0 Å². The van der Waals surface area contributed by atoms with Gasteiger partial charge in [0.1, 0.15) is 0 Å². The number of rotatable bonds is 6. The third kappa shape index (κ3) is 5.18. The molecule has 1 N–H and O–H groups in total. The molecule has 1 atom stereocenters. The summed E-state index contributed by atoms with van der Waals surface area (Å²) in [6.45, 7) is 5.44. The van der Waals surface area contributed by atoms with Crippen LogP contribution in [0.1, 0.15) is 26.7 Å². The monoisotopic (exact) mass is 161 g/mol. The second kappa shape index (κ2) is 6.58. The highest BCUT2D eigenvalue weighted by Crippen LogP contribution is 1.97. The number of aliphatic hydroxyl groups excluding tert-OH is 1. The Balaban J connectivity index is 3.38. The topological polar surface area (TPSA) is 32.7 Å². The summed E-state index contributed by atoms with van der Waals surface area (Å²) in [5.41, 5.74) is 0. The van der Waals surface area contributed by atoms with E-state index in [1.165, 1.54) is 0 Å². The molecule has 11 heavy (non-hydrogen) atoms. The van der Waals surface area contributed by atoms with Crippen molar-refractivity contribution in [1.29, 1.82) is 0 Å². The molecule has 0 radical (unpaired) electrons. The molecule has 3 nitrogen and oxygen atoms in total. The lowest BCUT2D eigenvalue weighted by Crippen LogP contribution is -2.34. The molecule has 0 spiro atoms. The van der Waals surface area contributed by atoms with Gasteiger partial charge in [-0.1, -0.05) is 13.3 Å². The minimum Gasteiger partial charge on any atom is -0.356 e. The molecule has 1 unspecified atom stereocenters. The Morgan fingerprint density at radius 3 is 2.55 bits per heavy atom. The Hall–Kier alpha value is -0.120. The molecule has 0 aromatic carbocycles. The van der Waals surface area contributed by atoms with Gasteiger partial charge in [-0.25, -0.2) is 0 Å². The maximum Gasteiger partial charge on any atom is 0.215 e. The molecule has 0 aliphatic carbocycles. The molecule has 0 aromatic heterocycles. The Morgan fingerprint density at radius 2 is 2.09 bits per heavy atom. The van der Waals surface area contributed by atoms with Gasteiger partial charge in [0.05, 0.1) is 0 Å². The highest BCUT2D eigenvalue weighted by molar-refractivity contribution is 4.47. The van der Waals surface area contributed by atoms with Gasteiger partial charge in [-0.05, 0) is 20.4 Å². The fraction of sp³-hybridized carbons (Fsp3) is 1.00. The summed E-state index contributed by atoms with van der Waals surface area (Å²) in [7, 11) is 1.86. The molecule has 0 amide bonds. The number of nitrogens with zero attached hydrogens (tertiary/aromatic N) is 1. The highest BCUT2D eigenvalue weighted by atomic mass is 16.6. The van der Waals surface area contributed by atoms with Crippen LogP contribution in [-0.2, 0) is 4.74 Å². The van der Waals surface area contributed by atoms with Crippen molar-refractivity contribution in [2.45, 2.75) is 33.1 Å². The van der Waals surface area contributed by atoms with Gasteiger partial charge in [-0.2, -0.15) is 0 Å². The van der Waals surface area contributed by atoms with Crippen molar-refractivity contribution in [3.05, 3.63) is 0 Å². The van der Waals surface area contributed by atoms with Gasteiger partial charge in [0.2, 0.25) is 6.41 Å². The predicted molar refractivity (Wildman–Crippen MR) is 45.2 cm³/mol. The summed E-state index contributed by atoms with van der Waals surface area (Å²) < 4.78 is 4.98. The second-order valence-electron chi connectivity index (χ2n) is 2.62. The minimum atomic E-state index is -0.730. The third-order valence-electron chi connectivity index (χ3n) is 1.56. The van der Waals surface area contributed by atoms with E-state index in [4.69, 9.17) is 4.74 Å².